The van der Waals surface area contributed by atoms with Gasteiger partial charge < -0.3 is 4.74 Å². The summed E-state index contributed by atoms with van der Waals surface area (Å²) < 4.78 is 5.92. The number of nitrogens with zero attached hydrogens (tertiary/aromatic N) is 3. The lowest BCUT2D eigenvalue weighted by Gasteiger charge is -2.34. The zero-order chi connectivity index (χ0) is 16.9. The van der Waals surface area contributed by atoms with Crippen molar-refractivity contribution in [2.75, 3.05) is 32.8 Å². The van der Waals surface area contributed by atoms with Crippen molar-refractivity contribution in [3.63, 3.8) is 0 Å². The lowest BCUT2D eigenvalue weighted by atomic mass is 10.1. The summed E-state index contributed by atoms with van der Waals surface area (Å²) in [5.41, 5.74) is 1.31. The number of thiophene rings is 1. The highest BCUT2D eigenvalue weighted by atomic mass is 32.1. The number of hydrogen-bond donors (Lipinski definition) is 0. The average molecular weight is 358 g/mol. The van der Waals surface area contributed by atoms with Crippen molar-refractivity contribution in [3.8, 4) is 0 Å². The molecule has 2 fully saturated rings. The van der Waals surface area contributed by atoms with Gasteiger partial charge in [-0.1, -0.05) is 6.07 Å². The fourth-order valence-corrected chi connectivity index (χ4v) is 4.83. The molecule has 0 aromatic carbocycles. The molecule has 2 saturated heterocycles. The van der Waals surface area contributed by atoms with E-state index in [0.717, 1.165) is 45.9 Å². The zero-order valence-corrected chi connectivity index (χ0v) is 15.6. The summed E-state index contributed by atoms with van der Waals surface area (Å²) in [5, 5.41) is 0. The van der Waals surface area contributed by atoms with Gasteiger partial charge >= 0.3 is 0 Å². The molecule has 4 heterocycles. The molecule has 2 aliphatic heterocycles. The van der Waals surface area contributed by atoms with E-state index >= 15 is 0 Å². The van der Waals surface area contributed by atoms with Crippen molar-refractivity contribution >= 4 is 11.3 Å². The van der Waals surface area contributed by atoms with Gasteiger partial charge in [0.1, 0.15) is 0 Å². The van der Waals surface area contributed by atoms with Gasteiger partial charge in [0.15, 0.2) is 0 Å². The fraction of sp³-hybridized carbons (Fsp3) is 0.550. The number of hydrogen-bond acceptors (Lipinski definition) is 5. The predicted octanol–water partition coefficient (Wildman–Crippen LogP) is 3.70. The minimum Gasteiger partial charge on any atom is -0.373 e. The molecule has 0 radical (unpaired) electrons. The topological polar surface area (TPSA) is 28.6 Å². The minimum atomic E-state index is 0.351. The quantitative estimate of drug-likeness (QED) is 0.816. The normalized spacial score (nSPS) is 23.0. The van der Waals surface area contributed by atoms with Crippen LogP contribution in [0.15, 0.2) is 36.7 Å². The monoisotopic (exact) mass is 357 g/mol. The zero-order valence-electron chi connectivity index (χ0n) is 14.8. The second kappa shape index (κ2) is 8.41. The number of pyridine rings is 1. The second-order valence-corrected chi connectivity index (χ2v) is 8.27. The van der Waals surface area contributed by atoms with E-state index in [0.29, 0.717) is 6.10 Å². The molecule has 1 atom stereocenters. The maximum Gasteiger partial charge on any atom is 0.0916 e. The molecule has 4 nitrogen and oxygen atoms in total. The summed E-state index contributed by atoms with van der Waals surface area (Å²) in [6, 6.07) is 8.78. The van der Waals surface area contributed by atoms with E-state index in [9.17, 15) is 0 Å². The first-order valence-corrected chi connectivity index (χ1v) is 10.2. The average Bonchev–Trinajstić information content (AvgIpc) is 3.14. The molecular formula is C20H27N3OS. The van der Waals surface area contributed by atoms with E-state index < -0.39 is 0 Å². The third kappa shape index (κ3) is 4.67. The van der Waals surface area contributed by atoms with Gasteiger partial charge in [-0.3, -0.25) is 14.8 Å². The number of rotatable bonds is 5. The van der Waals surface area contributed by atoms with Crippen LogP contribution in [0.4, 0.5) is 0 Å². The summed E-state index contributed by atoms with van der Waals surface area (Å²) in [6.07, 6.45) is 7.88. The Morgan fingerprint density at radius 2 is 1.88 bits per heavy atom. The molecule has 2 aliphatic rings. The Morgan fingerprint density at radius 1 is 1.04 bits per heavy atom. The molecule has 2 aromatic rings. The summed E-state index contributed by atoms with van der Waals surface area (Å²) in [5.74, 6) is 0. The molecule has 0 bridgehead atoms. The van der Waals surface area contributed by atoms with E-state index in [1.807, 2.05) is 29.8 Å². The largest absolute Gasteiger partial charge is 0.373 e. The number of ether oxygens (including phenoxy) is 1. The molecule has 0 spiro atoms. The third-order valence-corrected chi connectivity index (χ3v) is 6.31. The highest BCUT2D eigenvalue weighted by Gasteiger charge is 2.20. The predicted molar refractivity (Wildman–Crippen MR) is 102 cm³/mol. The molecule has 2 aromatic heterocycles. The molecule has 0 amide bonds. The van der Waals surface area contributed by atoms with Crippen LogP contribution in [0.5, 0.6) is 0 Å². The fourth-order valence-electron chi connectivity index (χ4n) is 3.69. The van der Waals surface area contributed by atoms with Crippen molar-refractivity contribution in [1.29, 1.82) is 0 Å². The first-order valence-electron chi connectivity index (χ1n) is 9.41. The summed E-state index contributed by atoms with van der Waals surface area (Å²) in [6.45, 7) is 7.59. The van der Waals surface area contributed by atoms with Crippen LogP contribution in [0.1, 0.15) is 40.7 Å². The van der Waals surface area contributed by atoms with Crippen molar-refractivity contribution in [2.24, 2.45) is 0 Å². The van der Waals surface area contributed by atoms with Gasteiger partial charge in [-0.2, -0.15) is 0 Å². The van der Waals surface area contributed by atoms with Gasteiger partial charge in [-0.25, -0.2) is 0 Å². The van der Waals surface area contributed by atoms with Crippen LogP contribution in [-0.2, 0) is 17.8 Å². The van der Waals surface area contributed by atoms with E-state index in [1.165, 1.54) is 34.6 Å². The smallest absolute Gasteiger partial charge is 0.0916 e. The number of piperazine rings is 1. The molecule has 5 heteroatoms. The lowest BCUT2D eigenvalue weighted by Crippen LogP contribution is -2.45. The van der Waals surface area contributed by atoms with E-state index in [2.05, 4.69) is 33.0 Å². The van der Waals surface area contributed by atoms with Crippen molar-refractivity contribution in [2.45, 2.75) is 38.5 Å². The molecule has 25 heavy (non-hydrogen) atoms. The summed E-state index contributed by atoms with van der Waals surface area (Å²) in [4.78, 5) is 12.2. The Balaban J connectivity index is 1.25. The standard InChI is InChI=1S/C20H27N3OS/c1-2-13-24-19(5-1)20-7-6-18(25-20)16-23-11-9-22(10-12-23)15-17-4-3-8-21-14-17/h3-4,6-8,14,19H,1-2,5,9-13,15-16H2. The Labute approximate surface area is 154 Å². The van der Waals surface area contributed by atoms with Gasteiger partial charge in [0, 0.05) is 68.0 Å². The van der Waals surface area contributed by atoms with Crippen molar-refractivity contribution in [1.82, 2.24) is 14.8 Å². The molecule has 0 aliphatic carbocycles. The van der Waals surface area contributed by atoms with Crippen LogP contribution in [0.3, 0.4) is 0 Å². The van der Waals surface area contributed by atoms with Crippen molar-refractivity contribution < 1.29 is 4.74 Å². The summed E-state index contributed by atoms with van der Waals surface area (Å²) >= 11 is 1.95. The van der Waals surface area contributed by atoms with Gasteiger partial charge in [0.2, 0.25) is 0 Å². The Kier molecular flexibility index (Phi) is 5.77. The van der Waals surface area contributed by atoms with E-state index in [4.69, 9.17) is 4.74 Å². The Bertz CT molecular complexity index is 646. The maximum atomic E-state index is 5.92. The lowest BCUT2D eigenvalue weighted by molar-refractivity contribution is 0.0172. The third-order valence-electron chi connectivity index (χ3n) is 5.15. The molecule has 0 N–H and O–H groups in total. The van der Waals surface area contributed by atoms with E-state index in [1.54, 1.807) is 0 Å². The van der Waals surface area contributed by atoms with Gasteiger partial charge in [-0.05, 0) is 43.0 Å². The van der Waals surface area contributed by atoms with Gasteiger partial charge in [-0.15, -0.1) is 11.3 Å². The Morgan fingerprint density at radius 3 is 2.60 bits per heavy atom. The second-order valence-electron chi connectivity index (χ2n) is 7.07. The maximum absolute atomic E-state index is 5.92. The molecule has 0 saturated carbocycles. The van der Waals surface area contributed by atoms with Crippen LogP contribution in [0.2, 0.25) is 0 Å². The SMILES string of the molecule is c1cncc(CN2CCN(Cc3ccc(C4CCCCO4)s3)CC2)c1. The van der Waals surface area contributed by atoms with Crippen molar-refractivity contribution in [3.05, 3.63) is 52.0 Å². The van der Waals surface area contributed by atoms with Crippen LogP contribution >= 0.6 is 11.3 Å². The molecule has 4 rings (SSSR count). The van der Waals surface area contributed by atoms with Crippen LogP contribution in [-0.4, -0.2) is 47.6 Å². The minimum absolute atomic E-state index is 0.351. The Hall–Kier alpha value is -1.27. The van der Waals surface area contributed by atoms with Crippen LogP contribution in [0, 0.1) is 0 Å². The molecule has 134 valence electrons. The van der Waals surface area contributed by atoms with Gasteiger partial charge in [0.25, 0.3) is 0 Å². The van der Waals surface area contributed by atoms with Crippen LogP contribution in [0.25, 0.3) is 0 Å². The van der Waals surface area contributed by atoms with Crippen LogP contribution < -0.4 is 0 Å². The highest BCUT2D eigenvalue weighted by molar-refractivity contribution is 7.12. The highest BCUT2D eigenvalue weighted by Crippen LogP contribution is 2.33. The van der Waals surface area contributed by atoms with E-state index in [-0.39, 0.29) is 0 Å². The number of aromatic nitrogens is 1. The summed E-state index contributed by atoms with van der Waals surface area (Å²) in [7, 11) is 0. The van der Waals surface area contributed by atoms with Gasteiger partial charge in [0.05, 0.1) is 6.10 Å². The first kappa shape index (κ1) is 17.2. The first-order chi connectivity index (χ1) is 12.4. The molecular weight excluding hydrogens is 330 g/mol. The molecule has 1 unspecified atom stereocenters.